The zero-order valence-electron chi connectivity index (χ0n) is 10.5. The van der Waals surface area contributed by atoms with Crippen molar-refractivity contribution in [3.63, 3.8) is 0 Å². The van der Waals surface area contributed by atoms with Crippen LogP contribution in [0.25, 0.3) is 0 Å². The van der Waals surface area contributed by atoms with E-state index in [-0.39, 0.29) is 0 Å². The Bertz CT molecular complexity index is 451. The van der Waals surface area contributed by atoms with Crippen LogP contribution in [0.4, 0.5) is 0 Å². The Kier molecular flexibility index (Phi) is 2.47. The molecule has 1 aromatic carbocycles. The van der Waals surface area contributed by atoms with Crippen LogP contribution >= 0.6 is 0 Å². The topological polar surface area (TPSA) is 0 Å². The van der Waals surface area contributed by atoms with Crippen LogP contribution in [0.3, 0.4) is 0 Å². The second kappa shape index (κ2) is 3.63. The first-order valence-electron chi connectivity index (χ1n) is 6.34. The van der Waals surface area contributed by atoms with Crippen LogP contribution in [0.1, 0.15) is 29.4 Å². The van der Waals surface area contributed by atoms with Gasteiger partial charge in [0.25, 0.3) is 0 Å². The van der Waals surface area contributed by atoms with Gasteiger partial charge in [-0.05, 0) is 0 Å². The van der Waals surface area contributed by atoms with E-state index in [1.54, 1.807) is 16.7 Å². The Labute approximate surface area is 103 Å². The SMILES string of the molecule is [CH3][Sn]([CH3])([CH3])[CH2]C1=CC2CC1c1ccccc12. The first-order valence-corrected chi connectivity index (χ1v) is 16.9. The molecule has 2 atom stereocenters. The molecule has 84 valence electrons. The van der Waals surface area contributed by atoms with Crippen molar-refractivity contribution in [1.82, 2.24) is 0 Å². The molecule has 0 spiro atoms. The zero-order chi connectivity index (χ0) is 11.3. The molecular formula is C15H20Sn. The summed E-state index contributed by atoms with van der Waals surface area (Å²) >= 11 is -1.65. The molecule has 2 bridgehead atoms. The van der Waals surface area contributed by atoms with Gasteiger partial charge in [0.15, 0.2) is 0 Å². The molecule has 3 rings (SSSR count). The Hall–Kier alpha value is -0.241. The van der Waals surface area contributed by atoms with Crippen LogP contribution in [0.15, 0.2) is 35.9 Å². The monoisotopic (exact) mass is 320 g/mol. The number of hydrogen-bond acceptors (Lipinski definition) is 0. The predicted octanol–water partition coefficient (Wildman–Crippen LogP) is 4.54. The molecule has 0 fully saturated rings. The molecule has 2 aliphatic carbocycles. The molecule has 16 heavy (non-hydrogen) atoms. The second-order valence-corrected chi connectivity index (χ2v) is 22.1. The molecule has 0 aliphatic heterocycles. The second-order valence-electron chi connectivity index (χ2n) is 6.50. The van der Waals surface area contributed by atoms with Gasteiger partial charge in [-0.15, -0.1) is 0 Å². The van der Waals surface area contributed by atoms with E-state index >= 15 is 0 Å². The summed E-state index contributed by atoms with van der Waals surface area (Å²) in [4.78, 5) is 7.65. The molecule has 2 aliphatic rings. The van der Waals surface area contributed by atoms with Crippen molar-refractivity contribution in [2.45, 2.75) is 37.5 Å². The first kappa shape index (κ1) is 10.9. The van der Waals surface area contributed by atoms with Crippen LogP contribution in [-0.2, 0) is 0 Å². The normalized spacial score (nSPS) is 26.8. The summed E-state index contributed by atoms with van der Waals surface area (Å²) in [5.41, 5.74) is 5.04. The molecule has 0 heterocycles. The van der Waals surface area contributed by atoms with Gasteiger partial charge in [-0.1, -0.05) is 0 Å². The summed E-state index contributed by atoms with van der Waals surface area (Å²) < 4.78 is 1.46. The molecule has 0 radical (unpaired) electrons. The van der Waals surface area contributed by atoms with Gasteiger partial charge in [-0.3, -0.25) is 0 Å². The van der Waals surface area contributed by atoms with E-state index in [9.17, 15) is 0 Å². The predicted molar refractivity (Wildman–Crippen MR) is 72.8 cm³/mol. The number of rotatable bonds is 2. The molecule has 1 aromatic rings. The Morgan fingerprint density at radius 3 is 2.50 bits per heavy atom. The van der Waals surface area contributed by atoms with Gasteiger partial charge >= 0.3 is 103 Å². The van der Waals surface area contributed by atoms with Gasteiger partial charge in [0.05, 0.1) is 0 Å². The van der Waals surface area contributed by atoms with Gasteiger partial charge in [0.2, 0.25) is 0 Å². The molecule has 0 N–H and O–H groups in total. The van der Waals surface area contributed by atoms with Crippen molar-refractivity contribution in [3.05, 3.63) is 47.0 Å². The third kappa shape index (κ3) is 1.75. The van der Waals surface area contributed by atoms with Crippen molar-refractivity contribution in [1.29, 1.82) is 0 Å². The van der Waals surface area contributed by atoms with E-state index < -0.39 is 18.4 Å². The minimum absolute atomic E-state index is 0.754. The Morgan fingerprint density at radius 1 is 1.12 bits per heavy atom. The van der Waals surface area contributed by atoms with E-state index in [2.05, 4.69) is 45.2 Å². The van der Waals surface area contributed by atoms with E-state index in [4.69, 9.17) is 0 Å². The van der Waals surface area contributed by atoms with Gasteiger partial charge in [0.1, 0.15) is 0 Å². The number of benzene rings is 1. The summed E-state index contributed by atoms with van der Waals surface area (Å²) in [7, 11) is 0. The molecule has 0 nitrogen and oxygen atoms in total. The van der Waals surface area contributed by atoms with E-state index in [1.807, 2.05) is 0 Å². The summed E-state index contributed by atoms with van der Waals surface area (Å²) in [5, 5.41) is 0. The van der Waals surface area contributed by atoms with Crippen LogP contribution in [-0.4, -0.2) is 18.4 Å². The average molecular weight is 319 g/mol. The van der Waals surface area contributed by atoms with Crippen LogP contribution < -0.4 is 0 Å². The Balaban J connectivity index is 1.92. The summed E-state index contributed by atoms with van der Waals surface area (Å²) in [6.07, 6.45) is 3.96. The van der Waals surface area contributed by atoms with E-state index in [1.165, 1.54) is 10.9 Å². The number of hydrogen-bond donors (Lipinski definition) is 0. The standard InChI is InChI=1S/C12H11.3CH3.Sn/c1-8-6-9-7-12(8)11-5-3-2-4-10(9)11;;;;/h2-6,9,12H,1,7H2;3*1H3;. The third-order valence-electron chi connectivity index (χ3n) is 3.86. The molecular weight excluding hydrogens is 299 g/mol. The van der Waals surface area contributed by atoms with Gasteiger partial charge in [-0.25, -0.2) is 0 Å². The fourth-order valence-electron chi connectivity index (χ4n) is 3.35. The Morgan fingerprint density at radius 2 is 1.81 bits per heavy atom. The van der Waals surface area contributed by atoms with E-state index in [0.29, 0.717) is 0 Å². The summed E-state index contributed by atoms with van der Waals surface area (Å²) in [5.74, 6) is 1.54. The van der Waals surface area contributed by atoms with Crippen molar-refractivity contribution >= 4 is 18.4 Å². The van der Waals surface area contributed by atoms with Crippen LogP contribution in [0.5, 0.6) is 0 Å². The maximum absolute atomic E-state index is 2.59. The van der Waals surface area contributed by atoms with Crippen LogP contribution in [0, 0.1) is 0 Å². The molecule has 1 heteroatoms. The zero-order valence-corrected chi connectivity index (χ0v) is 13.3. The van der Waals surface area contributed by atoms with Crippen molar-refractivity contribution in [2.24, 2.45) is 0 Å². The fourth-order valence-corrected chi connectivity index (χ4v) is 7.89. The van der Waals surface area contributed by atoms with Gasteiger partial charge in [-0.2, -0.15) is 0 Å². The third-order valence-corrected chi connectivity index (χ3v) is 8.05. The van der Waals surface area contributed by atoms with Crippen molar-refractivity contribution in [3.8, 4) is 0 Å². The van der Waals surface area contributed by atoms with Crippen molar-refractivity contribution < 1.29 is 0 Å². The quantitative estimate of drug-likeness (QED) is 0.555. The van der Waals surface area contributed by atoms with Gasteiger partial charge in [0, 0.05) is 0 Å². The fraction of sp³-hybridized carbons (Fsp3) is 0.467. The maximum atomic E-state index is 2.59. The average Bonchev–Trinajstić information content (AvgIpc) is 2.73. The minimum atomic E-state index is -1.65. The first-order chi connectivity index (χ1) is 7.54. The van der Waals surface area contributed by atoms with Crippen LogP contribution in [0.2, 0.25) is 19.3 Å². The number of fused-ring (bicyclic) bond motifs is 5. The molecule has 0 saturated heterocycles. The van der Waals surface area contributed by atoms with E-state index in [0.717, 1.165) is 11.8 Å². The summed E-state index contributed by atoms with van der Waals surface area (Å²) in [6.45, 7) is 0. The molecule has 0 amide bonds. The molecule has 0 saturated carbocycles. The molecule has 0 aromatic heterocycles. The molecule has 2 unspecified atom stereocenters. The number of allylic oxidation sites excluding steroid dienone is 2. The van der Waals surface area contributed by atoms with Crippen molar-refractivity contribution in [2.75, 3.05) is 0 Å². The summed E-state index contributed by atoms with van der Waals surface area (Å²) in [6, 6.07) is 9.08. The van der Waals surface area contributed by atoms with Gasteiger partial charge < -0.3 is 0 Å².